The van der Waals surface area contributed by atoms with E-state index in [1.165, 1.54) is 0 Å². The zero-order valence-corrected chi connectivity index (χ0v) is 9.84. The molecular weight excluding hydrogens is 224 g/mol. The van der Waals surface area contributed by atoms with E-state index < -0.39 is 17.2 Å². The van der Waals surface area contributed by atoms with Gasteiger partial charge >= 0.3 is 0 Å². The van der Waals surface area contributed by atoms with Crippen LogP contribution < -0.4 is 5.32 Å². The number of halogens is 2. The first kappa shape index (κ1) is 12.5. The monoisotopic (exact) mass is 241 g/mol. The van der Waals surface area contributed by atoms with Crippen molar-refractivity contribution in [2.45, 2.75) is 25.4 Å². The molecule has 1 aromatic rings. The van der Waals surface area contributed by atoms with Crippen LogP contribution in [-0.2, 0) is 5.60 Å². The highest BCUT2D eigenvalue weighted by molar-refractivity contribution is 5.25. The fourth-order valence-corrected chi connectivity index (χ4v) is 2.44. The SMILES string of the molecule is CC(O)(c1cc(F)ccc1F)C1CCCNC1. The van der Waals surface area contributed by atoms with Crippen molar-refractivity contribution in [3.8, 4) is 0 Å². The molecule has 1 heterocycles. The van der Waals surface area contributed by atoms with Crippen LogP contribution >= 0.6 is 0 Å². The van der Waals surface area contributed by atoms with E-state index in [1.54, 1.807) is 6.92 Å². The third kappa shape index (κ3) is 2.48. The summed E-state index contributed by atoms with van der Waals surface area (Å²) in [6, 6.07) is 3.22. The molecule has 1 aliphatic rings. The molecule has 1 saturated heterocycles. The fourth-order valence-electron chi connectivity index (χ4n) is 2.44. The van der Waals surface area contributed by atoms with Crippen molar-refractivity contribution in [1.82, 2.24) is 5.32 Å². The fraction of sp³-hybridized carbons (Fsp3) is 0.538. The summed E-state index contributed by atoms with van der Waals surface area (Å²) in [5, 5.41) is 13.6. The van der Waals surface area contributed by atoms with Crippen LogP contribution in [0.2, 0.25) is 0 Å². The zero-order chi connectivity index (χ0) is 12.5. The Morgan fingerprint density at radius 1 is 1.41 bits per heavy atom. The third-order valence-corrected chi connectivity index (χ3v) is 3.57. The van der Waals surface area contributed by atoms with Gasteiger partial charge in [0.1, 0.15) is 11.6 Å². The van der Waals surface area contributed by atoms with Gasteiger partial charge in [-0.2, -0.15) is 0 Å². The summed E-state index contributed by atoms with van der Waals surface area (Å²) in [4.78, 5) is 0. The minimum Gasteiger partial charge on any atom is -0.385 e. The minimum atomic E-state index is -1.33. The van der Waals surface area contributed by atoms with Gasteiger partial charge in [-0.05, 0) is 44.5 Å². The van der Waals surface area contributed by atoms with Crippen LogP contribution in [0.15, 0.2) is 18.2 Å². The lowest BCUT2D eigenvalue weighted by molar-refractivity contribution is -0.0187. The van der Waals surface area contributed by atoms with Gasteiger partial charge in [-0.1, -0.05) is 0 Å². The van der Waals surface area contributed by atoms with Gasteiger partial charge in [-0.3, -0.25) is 0 Å². The van der Waals surface area contributed by atoms with Gasteiger partial charge in [-0.25, -0.2) is 8.78 Å². The molecule has 0 bridgehead atoms. The van der Waals surface area contributed by atoms with E-state index >= 15 is 0 Å². The Hall–Kier alpha value is -1.00. The maximum absolute atomic E-state index is 13.7. The first-order valence-corrected chi connectivity index (χ1v) is 5.90. The Morgan fingerprint density at radius 3 is 2.82 bits per heavy atom. The van der Waals surface area contributed by atoms with Crippen molar-refractivity contribution >= 4 is 0 Å². The molecular formula is C13H17F2NO. The summed E-state index contributed by atoms with van der Waals surface area (Å²) in [7, 11) is 0. The Balaban J connectivity index is 2.32. The normalized spacial score (nSPS) is 24.4. The molecule has 2 N–H and O–H groups in total. The molecule has 2 rings (SSSR count). The van der Waals surface area contributed by atoms with Gasteiger partial charge in [0, 0.05) is 18.0 Å². The number of rotatable bonds is 2. The molecule has 1 aliphatic heterocycles. The smallest absolute Gasteiger partial charge is 0.129 e. The van der Waals surface area contributed by atoms with Crippen LogP contribution in [0.25, 0.3) is 0 Å². The van der Waals surface area contributed by atoms with E-state index in [4.69, 9.17) is 0 Å². The average Bonchev–Trinajstić information content (AvgIpc) is 2.33. The van der Waals surface area contributed by atoms with E-state index in [0.717, 1.165) is 37.6 Å². The van der Waals surface area contributed by atoms with Crippen LogP contribution in [-0.4, -0.2) is 18.2 Å². The lowest BCUT2D eigenvalue weighted by atomic mass is 9.78. The van der Waals surface area contributed by atoms with Crippen molar-refractivity contribution in [3.05, 3.63) is 35.4 Å². The first-order valence-electron chi connectivity index (χ1n) is 5.90. The van der Waals surface area contributed by atoms with Crippen molar-refractivity contribution in [3.63, 3.8) is 0 Å². The molecule has 0 saturated carbocycles. The molecule has 17 heavy (non-hydrogen) atoms. The van der Waals surface area contributed by atoms with E-state index in [-0.39, 0.29) is 11.5 Å². The molecule has 0 spiro atoms. The van der Waals surface area contributed by atoms with Crippen LogP contribution in [0.1, 0.15) is 25.3 Å². The first-order chi connectivity index (χ1) is 8.01. The Morgan fingerprint density at radius 2 is 2.18 bits per heavy atom. The van der Waals surface area contributed by atoms with Crippen molar-refractivity contribution in [2.75, 3.05) is 13.1 Å². The molecule has 0 radical (unpaired) electrons. The summed E-state index contributed by atoms with van der Waals surface area (Å²) < 4.78 is 26.8. The predicted molar refractivity (Wildman–Crippen MR) is 61.5 cm³/mol. The van der Waals surface area contributed by atoms with E-state index in [9.17, 15) is 13.9 Å². The zero-order valence-electron chi connectivity index (χ0n) is 9.84. The Labute approximate surface area is 99.7 Å². The van der Waals surface area contributed by atoms with E-state index in [1.807, 2.05) is 0 Å². The second-order valence-corrected chi connectivity index (χ2v) is 4.81. The molecule has 0 amide bonds. The van der Waals surface area contributed by atoms with Gasteiger partial charge in [0.05, 0.1) is 5.60 Å². The highest BCUT2D eigenvalue weighted by atomic mass is 19.1. The number of hydrogen-bond donors (Lipinski definition) is 2. The average molecular weight is 241 g/mol. The summed E-state index contributed by atoms with van der Waals surface area (Å²) in [5.41, 5.74) is -1.29. The highest BCUT2D eigenvalue weighted by Gasteiger charge is 2.36. The van der Waals surface area contributed by atoms with Crippen molar-refractivity contribution in [1.29, 1.82) is 0 Å². The molecule has 94 valence electrons. The topological polar surface area (TPSA) is 32.3 Å². The number of aliphatic hydroxyl groups is 1. The summed E-state index contributed by atoms with van der Waals surface area (Å²) >= 11 is 0. The molecule has 2 unspecified atom stereocenters. The Bertz CT molecular complexity index is 400. The maximum atomic E-state index is 13.7. The van der Waals surface area contributed by atoms with Gasteiger partial charge in [0.15, 0.2) is 0 Å². The summed E-state index contributed by atoms with van der Waals surface area (Å²) in [5.74, 6) is -1.17. The van der Waals surface area contributed by atoms with Gasteiger partial charge < -0.3 is 10.4 Å². The van der Waals surface area contributed by atoms with E-state index in [2.05, 4.69) is 5.32 Å². The van der Waals surface area contributed by atoms with Gasteiger partial charge in [0.25, 0.3) is 0 Å². The molecule has 4 heteroatoms. The standard InChI is InChI=1S/C13H17F2NO/c1-13(17,9-3-2-6-16-8-9)11-7-10(14)4-5-12(11)15/h4-5,7,9,16-17H,2-3,6,8H2,1H3. The lowest BCUT2D eigenvalue weighted by Crippen LogP contribution is -2.42. The molecule has 2 atom stereocenters. The number of nitrogens with one attached hydrogen (secondary N) is 1. The van der Waals surface area contributed by atoms with Crippen LogP contribution in [0, 0.1) is 17.6 Å². The minimum absolute atomic E-state index is 0.0474. The summed E-state index contributed by atoms with van der Waals surface area (Å²) in [6.07, 6.45) is 1.76. The van der Waals surface area contributed by atoms with Crippen molar-refractivity contribution in [2.24, 2.45) is 5.92 Å². The molecule has 0 aliphatic carbocycles. The lowest BCUT2D eigenvalue weighted by Gasteiger charge is -2.36. The maximum Gasteiger partial charge on any atom is 0.129 e. The number of hydrogen-bond acceptors (Lipinski definition) is 2. The molecule has 1 aromatic carbocycles. The highest BCUT2D eigenvalue weighted by Crippen LogP contribution is 2.35. The quantitative estimate of drug-likeness (QED) is 0.831. The summed E-state index contributed by atoms with van der Waals surface area (Å²) in [6.45, 7) is 3.10. The Kier molecular flexibility index (Phi) is 3.45. The van der Waals surface area contributed by atoms with Crippen molar-refractivity contribution < 1.29 is 13.9 Å². The second-order valence-electron chi connectivity index (χ2n) is 4.81. The molecule has 2 nitrogen and oxygen atoms in total. The van der Waals surface area contributed by atoms with Crippen LogP contribution in [0.4, 0.5) is 8.78 Å². The van der Waals surface area contributed by atoms with Gasteiger partial charge in [-0.15, -0.1) is 0 Å². The largest absolute Gasteiger partial charge is 0.385 e. The molecule has 1 fully saturated rings. The van der Waals surface area contributed by atoms with E-state index in [0.29, 0.717) is 6.54 Å². The third-order valence-electron chi connectivity index (χ3n) is 3.57. The second kappa shape index (κ2) is 4.70. The predicted octanol–water partition coefficient (Wildman–Crippen LogP) is 2.17. The molecule has 0 aromatic heterocycles. The van der Waals surface area contributed by atoms with Crippen LogP contribution in [0.5, 0.6) is 0 Å². The number of piperidine rings is 1. The van der Waals surface area contributed by atoms with Crippen LogP contribution in [0.3, 0.4) is 0 Å². The van der Waals surface area contributed by atoms with Gasteiger partial charge in [0.2, 0.25) is 0 Å². The number of benzene rings is 1.